The molecule has 3 aliphatic rings. The molecule has 4 rings (SSSR count). The Morgan fingerprint density at radius 1 is 1.23 bits per heavy atom. The van der Waals surface area contributed by atoms with Gasteiger partial charge in [0.05, 0.1) is 0 Å². The minimum Gasteiger partial charge on any atom is -0.480 e. The molecule has 3 atom stereocenters. The zero-order valence-corrected chi connectivity index (χ0v) is 12.4. The van der Waals surface area contributed by atoms with E-state index >= 15 is 0 Å². The minimum atomic E-state index is -0.909. The van der Waals surface area contributed by atoms with Crippen molar-refractivity contribution in [3.63, 3.8) is 0 Å². The van der Waals surface area contributed by atoms with E-state index in [-0.39, 0.29) is 17.6 Å². The molecular formula is C16H20N2O4. The lowest BCUT2D eigenvalue weighted by molar-refractivity contribution is -0.141. The van der Waals surface area contributed by atoms with Crippen LogP contribution in [0.4, 0.5) is 0 Å². The normalized spacial score (nSPS) is 31.1. The number of carboxylic acid groups (broad SMARTS) is 1. The van der Waals surface area contributed by atoms with Gasteiger partial charge >= 0.3 is 5.97 Å². The predicted molar refractivity (Wildman–Crippen MR) is 76.4 cm³/mol. The molecule has 1 amide bonds. The second-order valence-electron chi connectivity index (χ2n) is 6.80. The van der Waals surface area contributed by atoms with Gasteiger partial charge in [0.1, 0.15) is 11.8 Å². The highest BCUT2D eigenvalue weighted by Gasteiger charge is 2.48. The van der Waals surface area contributed by atoms with Gasteiger partial charge in [0, 0.05) is 18.0 Å². The Balaban J connectivity index is 1.61. The van der Waals surface area contributed by atoms with Crippen LogP contribution in [-0.2, 0) is 4.79 Å². The lowest BCUT2D eigenvalue weighted by Gasteiger charge is -2.32. The molecule has 2 saturated carbocycles. The molecule has 118 valence electrons. The van der Waals surface area contributed by atoms with E-state index in [0.29, 0.717) is 18.3 Å². The summed E-state index contributed by atoms with van der Waals surface area (Å²) in [5.74, 6) is 0.277. The number of carbonyl (C=O) groups is 2. The first-order valence-corrected chi connectivity index (χ1v) is 8.17. The Labute approximate surface area is 128 Å². The van der Waals surface area contributed by atoms with E-state index in [1.807, 2.05) is 0 Å². The Hall–Kier alpha value is -1.85. The quantitative estimate of drug-likeness (QED) is 0.927. The highest BCUT2D eigenvalue weighted by atomic mass is 16.5. The third kappa shape index (κ3) is 2.21. The minimum absolute atomic E-state index is 0.0448. The van der Waals surface area contributed by atoms with Gasteiger partial charge in [0.15, 0.2) is 5.69 Å². The molecule has 0 aromatic carbocycles. The fourth-order valence-electron chi connectivity index (χ4n) is 4.06. The lowest BCUT2D eigenvalue weighted by Crippen LogP contribution is -2.46. The molecule has 3 unspecified atom stereocenters. The summed E-state index contributed by atoms with van der Waals surface area (Å²) < 4.78 is 5.26. The van der Waals surface area contributed by atoms with Crippen LogP contribution in [0.2, 0.25) is 0 Å². The molecule has 22 heavy (non-hydrogen) atoms. The standard InChI is InChI=1S/C16H20N2O4/c19-15(11-8-14(22-17-11)9-5-6-9)18-12-4-2-1-3-10(12)7-13(18)16(20)21/h8-10,12-13H,1-7H2,(H,20,21). The number of aromatic nitrogens is 1. The molecule has 2 heterocycles. The predicted octanol–water partition coefficient (Wildman–Crippen LogP) is 2.41. The van der Waals surface area contributed by atoms with Crippen LogP contribution < -0.4 is 0 Å². The maximum absolute atomic E-state index is 12.8. The van der Waals surface area contributed by atoms with Crippen LogP contribution in [0.1, 0.15) is 67.1 Å². The van der Waals surface area contributed by atoms with Crippen molar-refractivity contribution in [1.82, 2.24) is 10.1 Å². The number of aliphatic carboxylic acids is 1. The molecule has 1 aliphatic heterocycles. The van der Waals surface area contributed by atoms with E-state index in [0.717, 1.165) is 44.3 Å². The first-order valence-electron chi connectivity index (χ1n) is 8.17. The van der Waals surface area contributed by atoms with Gasteiger partial charge in [-0.1, -0.05) is 18.0 Å². The number of fused-ring (bicyclic) bond motifs is 1. The molecule has 1 aromatic heterocycles. The van der Waals surface area contributed by atoms with Gasteiger partial charge in [-0.3, -0.25) is 4.79 Å². The Morgan fingerprint density at radius 2 is 2.00 bits per heavy atom. The van der Waals surface area contributed by atoms with E-state index in [4.69, 9.17) is 4.52 Å². The maximum Gasteiger partial charge on any atom is 0.326 e. The SMILES string of the molecule is O=C(O)C1CC2CCCCC2N1C(=O)c1cc(C2CC2)on1. The Kier molecular flexibility index (Phi) is 3.20. The molecule has 2 aliphatic carbocycles. The smallest absolute Gasteiger partial charge is 0.326 e. The first-order chi connectivity index (χ1) is 10.6. The summed E-state index contributed by atoms with van der Waals surface area (Å²) in [5.41, 5.74) is 0.263. The highest BCUT2D eigenvalue weighted by molar-refractivity contribution is 5.95. The molecular weight excluding hydrogens is 284 g/mol. The van der Waals surface area contributed by atoms with Crippen LogP contribution in [0.25, 0.3) is 0 Å². The van der Waals surface area contributed by atoms with Crippen molar-refractivity contribution >= 4 is 11.9 Å². The van der Waals surface area contributed by atoms with Crippen molar-refractivity contribution in [3.8, 4) is 0 Å². The fraction of sp³-hybridized carbons (Fsp3) is 0.688. The highest BCUT2D eigenvalue weighted by Crippen LogP contribution is 2.42. The number of nitrogens with zero attached hydrogens (tertiary/aromatic N) is 2. The maximum atomic E-state index is 12.8. The van der Waals surface area contributed by atoms with E-state index < -0.39 is 12.0 Å². The van der Waals surface area contributed by atoms with Crippen LogP contribution in [-0.4, -0.2) is 39.1 Å². The van der Waals surface area contributed by atoms with Crippen molar-refractivity contribution in [2.45, 2.75) is 62.9 Å². The molecule has 0 spiro atoms. The zero-order valence-electron chi connectivity index (χ0n) is 12.4. The summed E-state index contributed by atoms with van der Waals surface area (Å²) in [6.45, 7) is 0. The van der Waals surface area contributed by atoms with Crippen molar-refractivity contribution in [2.75, 3.05) is 0 Å². The summed E-state index contributed by atoms with van der Waals surface area (Å²) in [5, 5.41) is 13.4. The van der Waals surface area contributed by atoms with Crippen LogP contribution in [0.15, 0.2) is 10.6 Å². The van der Waals surface area contributed by atoms with Gasteiger partial charge in [0.25, 0.3) is 5.91 Å². The number of carboxylic acids is 1. The first kappa shape index (κ1) is 13.8. The molecule has 6 heteroatoms. The topological polar surface area (TPSA) is 83.6 Å². The van der Waals surface area contributed by atoms with Crippen LogP contribution in [0.5, 0.6) is 0 Å². The van der Waals surface area contributed by atoms with Crippen LogP contribution in [0, 0.1) is 5.92 Å². The van der Waals surface area contributed by atoms with Gasteiger partial charge in [-0.25, -0.2) is 4.79 Å². The molecule has 3 fully saturated rings. The van der Waals surface area contributed by atoms with Gasteiger partial charge in [0.2, 0.25) is 0 Å². The van der Waals surface area contributed by atoms with Gasteiger partial charge in [-0.05, 0) is 38.0 Å². The Bertz CT molecular complexity index is 607. The lowest BCUT2D eigenvalue weighted by atomic mass is 9.84. The molecule has 1 N–H and O–H groups in total. The van der Waals surface area contributed by atoms with E-state index in [2.05, 4.69) is 5.16 Å². The summed E-state index contributed by atoms with van der Waals surface area (Å²) in [4.78, 5) is 26.0. The van der Waals surface area contributed by atoms with E-state index in [9.17, 15) is 14.7 Å². The third-order valence-corrected chi connectivity index (χ3v) is 5.33. The molecule has 6 nitrogen and oxygen atoms in total. The monoisotopic (exact) mass is 304 g/mol. The number of likely N-dealkylation sites (tertiary alicyclic amines) is 1. The van der Waals surface area contributed by atoms with Crippen molar-refractivity contribution in [1.29, 1.82) is 0 Å². The summed E-state index contributed by atoms with van der Waals surface area (Å²) in [7, 11) is 0. The van der Waals surface area contributed by atoms with Crippen LogP contribution in [0.3, 0.4) is 0 Å². The van der Waals surface area contributed by atoms with E-state index in [1.54, 1.807) is 11.0 Å². The number of rotatable bonds is 3. The number of hydrogen-bond acceptors (Lipinski definition) is 4. The number of amides is 1. The molecule has 1 saturated heterocycles. The van der Waals surface area contributed by atoms with Gasteiger partial charge in [-0.2, -0.15) is 0 Å². The number of hydrogen-bond donors (Lipinski definition) is 1. The fourth-order valence-corrected chi connectivity index (χ4v) is 4.06. The summed E-state index contributed by atoms with van der Waals surface area (Å²) >= 11 is 0. The van der Waals surface area contributed by atoms with Gasteiger partial charge in [-0.15, -0.1) is 0 Å². The number of carbonyl (C=O) groups excluding carboxylic acids is 1. The molecule has 0 bridgehead atoms. The van der Waals surface area contributed by atoms with E-state index in [1.165, 1.54) is 0 Å². The zero-order chi connectivity index (χ0) is 15.3. The molecule has 0 radical (unpaired) electrons. The molecule has 1 aromatic rings. The van der Waals surface area contributed by atoms with Crippen LogP contribution >= 0.6 is 0 Å². The summed E-state index contributed by atoms with van der Waals surface area (Å²) in [6.07, 6.45) is 6.83. The second-order valence-corrected chi connectivity index (χ2v) is 6.80. The third-order valence-electron chi connectivity index (χ3n) is 5.33. The average molecular weight is 304 g/mol. The Morgan fingerprint density at radius 3 is 2.73 bits per heavy atom. The van der Waals surface area contributed by atoms with Crippen molar-refractivity contribution in [2.24, 2.45) is 5.92 Å². The average Bonchev–Trinajstić information content (AvgIpc) is 3.12. The second kappa shape index (κ2) is 5.11. The summed E-state index contributed by atoms with van der Waals surface area (Å²) in [6, 6.07) is 1.03. The van der Waals surface area contributed by atoms with Crippen molar-refractivity contribution < 1.29 is 19.2 Å². The van der Waals surface area contributed by atoms with Crippen molar-refractivity contribution in [3.05, 3.63) is 17.5 Å². The largest absolute Gasteiger partial charge is 0.480 e. The van der Waals surface area contributed by atoms with Gasteiger partial charge < -0.3 is 14.5 Å².